The number of nitrogens with one attached hydrogen (secondary N) is 1. The average molecular weight is 267 g/mol. The van der Waals surface area contributed by atoms with Crippen molar-refractivity contribution in [1.29, 1.82) is 0 Å². The molecule has 0 spiro atoms. The second-order valence-electron chi connectivity index (χ2n) is 4.94. The van der Waals surface area contributed by atoms with Crippen LogP contribution < -0.4 is 5.32 Å². The van der Waals surface area contributed by atoms with Gasteiger partial charge in [0, 0.05) is 6.42 Å². The lowest BCUT2D eigenvalue weighted by Gasteiger charge is -2.09. The lowest BCUT2D eigenvalue weighted by Crippen LogP contribution is -2.34. The predicted molar refractivity (Wildman–Crippen MR) is 74.6 cm³/mol. The highest BCUT2D eigenvalue weighted by atomic mass is 16.5. The van der Waals surface area contributed by atoms with Crippen molar-refractivity contribution in [2.75, 3.05) is 6.61 Å². The van der Waals surface area contributed by atoms with Crippen LogP contribution in [0.1, 0.15) is 58.3 Å². The zero-order chi connectivity index (χ0) is 13.9. The summed E-state index contributed by atoms with van der Waals surface area (Å²) in [7, 11) is 0. The molecule has 0 bridgehead atoms. The fourth-order valence-corrected chi connectivity index (χ4v) is 2.01. The van der Waals surface area contributed by atoms with E-state index in [0.717, 1.165) is 19.3 Å². The SMILES string of the molecule is CCCCC/C=C/CCCOC(=O)[C@@H]1CCC(=O)N1. The smallest absolute Gasteiger partial charge is 0.328 e. The van der Waals surface area contributed by atoms with Crippen LogP contribution >= 0.6 is 0 Å². The number of esters is 1. The van der Waals surface area contributed by atoms with Gasteiger partial charge in [0.2, 0.25) is 5.91 Å². The zero-order valence-corrected chi connectivity index (χ0v) is 11.8. The van der Waals surface area contributed by atoms with E-state index in [-0.39, 0.29) is 11.9 Å². The topological polar surface area (TPSA) is 55.4 Å². The highest BCUT2D eigenvalue weighted by molar-refractivity contribution is 5.87. The summed E-state index contributed by atoms with van der Waals surface area (Å²) in [5.41, 5.74) is 0. The largest absolute Gasteiger partial charge is 0.464 e. The van der Waals surface area contributed by atoms with Crippen LogP contribution in [-0.2, 0) is 14.3 Å². The van der Waals surface area contributed by atoms with Gasteiger partial charge in [-0.3, -0.25) is 4.79 Å². The molecule has 1 rings (SSSR count). The molecule has 0 aromatic rings. The normalized spacial score (nSPS) is 18.8. The molecule has 0 aromatic heterocycles. The monoisotopic (exact) mass is 267 g/mol. The summed E-state index contributed by atoms with van der Waals surface area (Å²) < 4.78 is 5.13. The minimum absolute atomic E-state index is 0.0584. The van der Waals surface area contributed by atoms with Gasteiger partial charge in [-0.25, -0.2) is 4.79 Å². The van der Waals surface area contributed by atoms with E-state index in [9.17, 15) is 9.59 Å². The van der Waals surface area contributed by atoms with Crippen LogP contribution in [0, 0.1) is 0 Å². The molecule has 1 saturated heterocycles. The summed E-state index contributed by atoms with van der Waals surface area (Å²) in [6, 6.07) is -0.419. The minimum atomic E-state index is -0.419. The highest BCUT2D eigenvalue weighted by Crippen LogP contribution is 2.08. The van der Waals surface area contributed by atoms with Crippen molar-refractivity contribution >= 4 is 11.9 Å². The van der Waals surface area contributed by atoms with Gasteiger partial charge in [0.05, 0.1) is 6.61 Å². The predicted octanol–water partition coefficient (Wildman–Crippen LogP) is 2.72. The molecule has 1 N–H and O–H groups in total. The molecule has 1 atom stereocenters. The Kier molecular flexibility index (Phi) is 7.94. The molecule has 1 heterocycles. The highest BCUT2D eigenvalue weighted by Gasteiger charge is 2.28. The molecule has 0 aliphatic carbocycles. The van der Waals surface area contributed by atoms with E-state index in [1.54, 1.807) is 0 Å². The molecule has 0 aromatic carbocycles. The number of hydrogen-bond acceptors (Lipinski definition) is 3. The van der Waals surface area contributed by atoms with Crippen LogP contribution in [0.15, 0.2) is 12.2 Å². The number of carbonyl (C=O) groups excluding carboxylic acids is 2. The molecule has 108 valence electrons. The van der Waals surface area contributed by atoms with Crippen molar-refractivity contribution in [2.24, 2.45) is 0 Å². The Balaban J connectivity index is 1.95. The Morgan fingerprint density at radius 1 is 1.32 bits per heavy atom. The Hall–Kier alpha value is -1.32. The van der Waals surface area contributed by atoms with E-state index in [2.05, 4.69) is 24.4 Å². The van der Waals surface area contributed by atoms with Crippen molar-refractivity contribution in [3.63, 3.8) is 0 Å². The molecule has 1 fully saturated rings. The van der Waals surface area contributed by atoms with Crippen LogP contribution in [0.5, 0.6) is 0 Å². The molecule has 1 amide bonds. The standard InChI is InChI=1S/C15H25NO3/c1-2-3-4-5-6-7-8-9-12-19-15(18)13-10-11-14(17)16-13/h6-7,13H,2-5,8-12H2,1H3,(H,16,17)/b7-6+/t13-/m0/s1. The van der Waals surface area contributed by atoms with Crippen molar-refractivity contribution < 1.29 is 14.3 Å². The van der Waals surface area contributed by atoms with Gasteiger partial charge in [-0.2, -0.15) is 0 Å². The number of amides is 1. The third kappa shape index (κ3) is 6.99. The maximum atomic E-state index is 11.5. The molecule has 4 nitrogen and oxygen atoms in total. The summed E-state index contributed by atoms with van der Waals surface area (Å²) in [4.78, 5) is 22.5. The maximum Gasteiger partial charge on any atom is 0.328 e. The number of unbranched alkanes of at least 4 members (excludes halogenated alkanes) is 4. The Morgan fingerprint density at radius 3 is 2.68 bits per heavy atom. The van der Waals surface area contributed by atoms with E-state index in [1.165, 1.54) is 19.3 Å². The van der Waals surface area contributed by atoms with Gasteiger partial charge in [0.1, 0.15) is 6.04 Å². The van der Waals surface area contributed by atoms with Gasteiger partial charge >= 0.3 is 5.97 Å². The first-order chi connectivity index (χ1) is 9.24. The van der Waals surface area contributed by atoms with E-state index < -0.39 is 6.04 Å². The van der Waals surface area contributed by atoms with Crippen molar-refractivity contribution in [3.05, 3.63) is 12.2 Å². The molecular formula is C15H25NO3. The third-order valence-corrected chi connectivity index (χ3v) is 3.18. The molecule has 1 aliphatic heterocycles. The van der Waals surface area contributed by atoms with Crippen molar-refractivity contribution in [2.45, 2.75) is 64.3 Å². The number of ether oxygens (including phenoxy) is 1. The van der Waals surface area contributed by atoms with Gasteiger partial charge in [0.25, 0.3) is 0 Å². The fourth-order valence-electron chi connectivity index (χ4n) is 2.01. The van der Waals surface area contributed by atoms with Gasteiger partial charge < -0.3 is 10.1 Å². The average Bonchev–Trinajstić information content (AvgIpc) is 2.83. The lowest BCUT2D eigenvalue weighted by atomic mass is 10.2. The zero-order valence-electron chi connectivity index (χ0n) is 11.8. The minimum Gasteiger partial charge on any atom is -0.464 e. The van der Waals surface area contributed by atoms with Crippen LogP contribution in [0.3, 0.4) is 0 Å². The lowest BCUT2D eigenvalue weighted by molar-refractivity contribution is -0.146. The van der Waals surface area contributed by atoms with Crippen LogP contribution in [0.25, 0.3) is 0 Å². The Bertz CT molecular complexity index is 313. The van der Waals surface area contributed by atoms with Gasteiger partial charge in [-0.1, -0.05) is 31.9 Å². The van der Waals surface area contributed by atoms with Crippen molar-refractivity contribution in [3.8, 4) is 0 Å². The third-order valence-electron chi connectivity index (χ3n) is 3.18. The maximum absolute atomic E-state index is 11.5. The summed E-state index contributed by atoms with van der Waals surface area (Å²) >= 11 is 0. The molecular weight excluding hydrogens is 242 g/mol. The molecule has 1 aliphatic rings. The number of allylic oxidation sites excluding steroid dienone is 2. The molecule has 0 radical (unpaired) electrons. The van der Waals surface area contributed by atoms with Crippen LogP contribution in [-0.4, -0.2) is 24.5 Å². The first kappa shape index (κ1) is 15.7. The van der Waals surface area contributed by atoms with Gasteiger partial charge in [-0.15, -0.1) is 0 Å². The van der Waals surface area contributed by atoms with Gasteiger partial charge in [0.15, 0.2) is 0 Å². The first-order valence-electron chi connectivity index (χ1n) is 7.35. The van der Waals surface area contributed by atoms with E-state index in [1.807, 2.05) is 0 Å². The van der Waals surface area contributed by atoms with E-state index in [0.29, 0.717) is 19.4 Å². The first-order valence-corrected chi connectivity index (χ1v) is 7.35. The second kappa shape index (κ2) is 9.59. The van der Waals surface area contributed by atoms with Crippen molar-refractivity contribution in [1.82, 2.24) is 5.32 Å². The number of carbonyl (C=O) groups is 2. The van der Waals surface area contributed by atoms with E-state index in [4.69, 9.17) is 4.74 Å². The summed E-state index contributed by atoms with van der Waals surface area (Å²) in [5.74, 6) is -0.352. The number of hydrogen-bond donors (Lipinski definition) is 1. The van der Waals surface area contributed by atoms with E-state index >= 15 is 0 Å². The second-order valence-corrected chi connectivity index (χ2v) is 4.94. The Labute approximate surface area is 115 Å². The molecule has 4 heteroatoms. The summed E-state index contributed by atoms with van der Waals surface area (Å²) in [6.07, 6.45) is 12.1. The molecule has 19 heavy (non-hydrogen) atoms. The van der Waals surface area contributed by atoms with Gasteiger partial charge in [-0.05, 0) is 32.1 Å². The molecule has 0 unspecified atom stereocenters. The summed E-state index contributed by atoms with van der Waals surface area (Å²) in [5, 5.41) is 2.61. The van der Waals surface area contributed by atoms with Crippen LogP contribution in [0.2, 0.25) is 0 Å². The van der Waals surface area contributed by atoms with Crippen LogP contribution in [0.4, 0.5) is 0 Å². The molecule has 0 saturated carbocycles. The number of rotatable bonds is 9. The quantitative estimate of drug-likeness (QED) is 0.397. The fraction of sp³-hybridized carbons (Fsp3) is 0.733. The Morgan fingerprint density at radius 2 is 2.05 bits per heavy atom. The summed E-state index contributed by atoms with van der Waals surface area (Å²) in [6.45, 7) is 2.63.